The van der Waals surface area contributed by atoms with Crippen LogP contribution in [0.25, 0.3) is 0 Å². The number of benzene rings is 1. The molecule has 0 spiro atoms. The summed E-state index contributed by atoms with van der Waals surface area (Å²) in [5.74, 6) is 2.50. The minimum atomic E-state index is -0.172. The SMILES string of the molecule is C#CCOCCOCCOCCOCCOCC(NC(=O)C1CNC1)c1ccccc1. The number of ether oxygens (including phenoxy) is 5. The van der Waals surface area contributed by atoms with E-state index < -0.39 is 0 Å². The molecule has 172 valence electrons. The van der Waals surface area contributed by atoms with Crippen LogP contribution in [0.2, 0.25) is 0 Å². The monoisotopic (exact) mass is 434 g/mol. The summed E-state index contributed by atoms with van der Waals surface area (Å²) < 4.78 is 27.1. The quantitative estimate of drug-likeness (QED) is 0.261. The molecular weight excluding hydrogens is 400 g/mol. The molecule has 0 bridgehead atoms. The maximum atomic E-state index is 12.3. The van der Waals surface area contributed by atoms with Crippen LogP contribution in [0.1, 0.15) is 11.6 Å². The van der Waals surface area contributed by atoms with Crippen molar-refractivity contribution in [3.05, 3.63) is 35.9 Å². The van der Waals surface area contributed by atoms with Gasteiger partial charge in [0.25, 0.3) is 0 Å². The summed E-state index contributed by atoms with van der Waals surface area (Å²) in [6, 6.07) is 9.69. The molecule has 1 fully saturated rings. The van der Waals surface area contributed by atoms with Crippen molar-refractivity contribution in [3.8, 4) is 12.3 Å². The minimum Gasteiger partial charge on any atom is -0.377 e. The maximum absolute atomic E-state index is 12.3. The van der Waals surface area contributed by atoms with Gasteiger partial charge in [0.2, 0.25) is 5.91 Å². The average Bonchev–Trinajstić information content (AvgIpc) is 2.75. The van der Waals surface area contributed by atoms with Gasteiger partial charge in [-0.3, -0.25) is 4.79 Å². The van der Waals surface area contributed by atoms with Crippen molar-refractivity contribution in [3.63, 3.8) is 0 Å². The number of hydrogen-bond donors (Lipinski definition) is 2. The molecule has 2 rings (SSSR count). The predicted molar refractivity (Wildman–Crippen MR) is 117 cm³/mol. The second-order valence-electron chi connectivity index (χ2n) is 7.00. The van der Waals surface area contributed by atoms with E-state index in [1.165, 1.54) is 0 Å². The Morgan fingerprint density at radius 1 is 0.935 bits per heavy atom. The molecule has 1 aliphatic rings. The zero-order valence-electron chi connectivity index (χ0n) is 18.1. The maximum Gasteiger partial charge on any atom is 0.226 e. The van der Waals surface area contributed by atoms with Gasteiger partial charge in [0, 0.05) is 13.1 Å². The number of amides is 1. The third-order valence-electron chi connectivity index (χ3n) is 4.63. The summed E-state index contributed by atoms with van der Waals surface area (Å²) in [4.78, 5) is 12.3. The molecule has 1 amide bonds. The standard InChI is InChI=1S/C23H34N2O6/c1-2-8-27-9-10-28-11-12-29-13-14-30-15-16-31-19-22(20-6-4-3-5-7-20)25-23(26)21-17-24-18-21/h1,3-7,21-22,24H,8-19H2,(H,25,26). The molecule has 1 atom stereocenters. The fourth-order valence-electron chi connectivity index (χ4n) is 2.78. The van der Waals surface area contributed by atoms with Crippen LogP contribution in [0.5, 0.6) is 0 Å². The smallest absolute Gasteiger partial charge is 0.226 e. The van der Waals surface area contributed by atoms with Crippen molar-refractivity contribution in [2.75, 3.05) is 79.2 Å². The molecular formula is C23H34N2O6. The molecule has 0 aromatic heterocycles. The minimum absolute atomic E-state index is 0.0433. The molecule has 2 N–H and O–H groups in total. The second kappa shape index (κ2) is 16.7. The first-order chi connectivity index (χ1) is 15.3. The molecule has 0 saturated carbocycles. The highest BCUT2D eigenvalue weighted by atomic mass is 16.6. The molecule has 0 radical (unpaired) electrons. The molecule has 8 heteroatoms. The van der Waals surface area contributed by atoms with Gasteiger partial charge >= 0.3 is 0 Å². The van der Waals surface area contributed by atoms with Crippen molar-refractivity contribution >= 4 is 5.91 Å². The number of carbonyl (C=O) groups is 1. The third kappa shape index (κ3) is 11.3. The zero-order chi connectivity index (χ0) is 22.0. The topological polar surface area (TPSA) is 87.3 Å². The highest BCUT2D eigenvalue weighted by Gasteiger charge is 2.27. The molecule has 1 aliphatic heterocycles. The van der Waals surface area contributed by atoms with Crippen molar-refractivity contribution in [2.24, 2.45) is 5.92 Å². The largest absolute Gasteiger partial charge is 0.377 e. The van der Waals surface area contributed by atoms with E-state index in [0.717, 1.165) is 18.7 Å². The van der Waals surface area contributed by atoms with E-state index in [-0.39, 0.29) is 17.9 Å². The molecule has 1 saturated heterocycles. The molecule has 1 aromatic rings. The molecule has 1 heterocycles. The number of terminal acetylenes is 1. The lowest BCUT2D eigenvalue weighted by Gasteiger charge is -2.28. The van der Waals surface area contributed by atoms with Crippen molar-refractivity contribution in [2.45, 2.75) is 6.04 Å². The van der Waals surface area contributed by atoms with E-state index in [4.69, 9.17) is 30.1 Å². The zero-order valence-corrected chi connectivity index (χ0v) is 18.1. The number of hydrogen-bond acceptors (Lipinski definition) is 7. The molecule has 0 aliphatic carbocycles. The van der Waals surface area contributed by atoms with Gasteiger partial charge in [0.05, 0.1) is 71.4 Å². The lowest BCUT2D eigenvalue weighted by molar-refractivity contribution is -0.127. The number of carbonyl (C=O) groups excluding carboxylic acids is 1. The Kier molecular flexibility index (Phi) is 13.6. The van der Waals surface area contributed by atoms with Crippen LogP contribution in [-0.4, -0.2) is 85.1 Å². The van der Waals surface area contributed by atoms with Crippen LogP contribution in [0.3, 0.4) is 0 Å². The molecule has 1 unspecified atom stereocenters. The Morgan fingerprint density at radius 2 is 1.48 bits per heavy atom. The van der Waals surface area contributed by atoms with E-state index >= 15 is 0 Å². The summed E-state index contributed by atoms with van der Waals surface area (Å²) in [5, 5.41) is 6.21. The van der Waals surface area contributed by atoms with Gasteiger partial charge in [-0.1, -0.05) is 36.3 Å². The van der Waals surface area contributed by atoms with Gasteiger partial charge in [0.15, 0.2) is 0 Å². The lowest BCUT2D eigenvalue weighted by atomic mass is 10.0. The van der Waals surface area contributed by atoms with Gasteiger partial charge in [-0.2, -0.15) is 0 Å². The first-order valence-corrected chi connectivity index (χ1v) is 10.7. The van der Waals surface area contributed by atoms with Crippen LogP contribution in [0, 0.1) is 18.3 Å². The van der Waals surface area contributed by atoms with Crippen LogP contribution < -0.4 is 10.6 Å². The van der Waals surface area contributed by atoms with E-state index in [9.17, 15) is 4.79 Å². The number of nitrogens with one attached hydrogen (secondary N) is 2. The molecule has 8 nitrogen and oxygen atoms in total. The van der Waals surface area contributed by atoms with Crippen molar-refractivity contribution in [1.29, 1.82) is 0 Å². The van der Waals surface area contributed by atoms with Gasteiger partial charge in [0.1, 0.15) is 6.61 Å². The summed E-state index contributed by atoms with van der Waals surface area (Å²) in [6.07, 6.45) is 5.07. The Bertz CT molecular complexity index is 633. The first-order valence-electron chi connectivity index (χ1n) is 10.7. The van der Waals surface area contributed by atoms with Gasteiger partial charge in [-0.25, -0.2) is 0 Å². The second-order valence-corrected chi connectivity index (χ2v) is 7.00. The third-order valence-corrected chi connectivity index (χ3v) is 4.63. The van der Waals surface area contributed by atoms with Crippen molar-refractivity contribution < 1.29 is 28.5 Å². The van der Waals surface area contributed by atoms with Gasteiger partial charge < -0.3 is 34.3 Å². The Morgan fingerprint density at radius 3 is 2.00 bits per heavy atom. The predicted octanol–water partition coefficient (Wildman–Crippen LogP) is 0.780. The summed E-state index contributed by atoms with van der Waals surface area (Å²) in [7, 11) is 0. The fourth-order valence-corrected chi connectivity index (χ4v) is 2.78. The summed E-state index contributed by atoms with van der Waals surface area (Å²) in [5.41, 5.74) is 1.03. The highest BCUT2D eigenvalue weighted by molar-refractivity contribution is 5.80. The first kappa shape index (κ1) is 25.3. The lowest BCUT2D eigenvalue weighted by Crippen LogP contribution is -2.51. The van der Waals surface area contributed by atoms with Gasteiger partial charge in [-0.05, 0) is 5.56 Å². The van der Waals surface area contributed by atoms with Gasteiger partial charge in [-0.15, -0.1) is 6.42 Å². The van der Waals surface area contributed by atoms with E-state index in [1.54, 1.807) is 0 Å². The van der Waals surface area contributed by atoms with Crippen molar-refractivity contribution in [1.82, 2.24) is 10.6 Å². The van der Waals surface area contributed by atoms with E-state index in [2.05, 4.69) is 16.6 Å². The van der Waals surface area contributed by atoms with Crippen LogP contribution in [0.4, 0.5) is 0 Å². The van der Waals surface area contributed by atoms with E-state index in [0.29, 0.717) is 66.1 Å². The average molecular weight is 435 g/mol. The fraction of sp³-hybridized carbons (Fsp3) is 0.609. The number of rotatable bonds is 18. The summed E-state index contributed by atoms with van der Waals surface area (Å²) >= 11 is 0. The molecule has 31 heavy (non-hydrogen) atoms. The van der Waals surface area contributed by atoms with Crippen LogP contribution in [0.15, 0.2) is 30.3 Å². The van der Waals surface area contributed by atoms with Crippen LogP contribution in [-0.2, 0) is 28.5 Å². The van der Waals surface area contributed by atoms with Crippen LogP contribution >= 0.6 is 0 Å². The van der Waals surface area contributed by atoms with E-state index in [1.807, 2.05) is 30.3 Å². The Hall–Kier alpha value is -1.99. The Labute approximate surface area is 184 Å². The Balaban J connectivity index is 1.47. The molecule has 1 aromatic carbocycles. The summed E-state index contributed by atoms with van der Waals surface area (Å²) in [6.45, 7) is 6.07. The normalized spacial score (nSPS) is 14.5. The highest BCUT2D eigenvalue weighted by Crippen LogP contribution is 2.15.